The average molecular weight is 348 g/mol. The molecular formula is C21H20N2O3. The molecule has 1 aromatic carbocycles. The van der Waals surface area contributed by atoms with Crippen molar-refractivity contribution in [1.82, 2.24) is 9.55 Å². The second kappa shape index (κ2) is 5.59. The van der Waals surface area contributed by atoms with Gasteiger partial charge in [0.1, 0.15) is 6.10 Å². The highest BCUT2D eigenvalue weighted by Crippen LogP contribution is 2.42. The van der Waals surface area contributed by atoms with E-state index >= 15 is 0 Å². The minimum Gasteiger partial charge on any atom is -0.497 e. The normalized spacial score (nSPS) is 24.5. The van der Waals surface area contributed by atoms with E-state index in [0.717, 1.165) is 24.2 Å². The van der Waals surface area contributed by atoms with Crippen molar-refractivity contribution in [3.05, 3.63) is 54.1 Å². The van der Waals surface area contributed by atoms with Crippen LogP contribution in [0.4, 0.5) is 0 Å². The van der Waals surface area contributed by atoms with Gasteiger partial charge in [-0.2, -0.15) is 0 Å². The number of rotatable bonds is 1. The molecule has 0 bridgehead atoms. The third kappa shape index (κ3) is 2.09. The summed E-state index contributed by atoms with van der Waals surface area (Å²) >= 11 is 0. The van der Waals surface area contributed by atoms with E-state index in [1.54, 1.807) is 6.26 Å². The lowest BCUT2D eigenvalue weighted by molar-refractivity contribution is -0.138. The molecule has 1 unspecified atom stereocenters. The highest BCUT2D eigenvalue weighted by Gasteiger charge is 2.42. The minimum absolute atomic E-state index is 0.0662. The number of para-hydroxylation sites is 1. The van der Waals surface area contributed by atoms with E-state index in [4.69, 9.17) is 14.5 Å². The summed E-state index contributed by atoms with van der Waals surface area (Å²) in [5.74, 6) is 0.0400. The molecule has 0 radical (unpaired) electrons. The molecule has 4 aliphatic heterocycles. The number of fused-ring (bicyclic) bond motifs is 6. The van der Waals surface area contributed by atoms with Crippen LogP contribution < -0.4 is 0 Å². The number of esters is 1. The molecule has 0 aliphatic carbocycles. The molecule has 0 N–H and O–H groups in total. The molecular weight excluding hydrogens is 328 g/mol. The van der Waals surface area contributed by atoms with E-state index in [9.17, 15) is 4.79 Å². The fourth-order valence-electron chi connectivity index (χ4n) is 4.49. The van der Waals surface area contributed by atoms with Crippen LogP contribution in [0.5, 0.6) is 0 Å². The van der Waals surface area contributed by atoms with E-state index in [1.807, 2.05) is 18.2 Å². The Balaban J connectivity index is 1.66. The highest BCUT2D eigenvalue weighted by molar-refractivity contribution is 5.98. The molecule has 5 nitrogen and oxygen atoms in total. The summed E-state index contributed by atoms with van der Waals surface area (Å²) in [7, 11) is 1.42. The average Bonchev–Trinajstić information content (AvgIpc) is 3.06. The number of ether oxygens (including phenoxy) is 2. The van der Waals surface area contributed by atoms with Crippen molar-refractivity contribution in [1.29, 1.82) is 0 Å². The fourth-order valence-corrected chi connectivity index (χ4v) is 4.49. The Morgan fingerprint density at radius 3 is 3.00 bits per heavy atom. The van der Waals surface area contributed by atoms with Crippen LogP contribution in [0.3, 0.4) is 0 Å². The smallest absolute Gasteiger partial charge is 0.337 e. The van der Waals surface area contributed by atoms with E-state index in [0.29, 0.717) is 5.57 Å². The van der Waals surface area contributed by atoms with Crippen molar-refractivity contribution in [3.8, 4) is 11.3 Å². The van der Waals surface area contributed by atoms with Crippen LogP contribution >= 0.6 is 0 Å². The molecule has 0 saturated carbocycles. The molecule has 5 heteroatoms. The van der Waals surface area contributed by atoms with Gasteiger partial charge in [-0.05, 0) is 25.5 Å². The summed E-state index contributed by atoms with van der Waals surface area (Å²) in [4.78, 5) is 17.1. The number of hydrogen-bond acceptors (Lipinski definition) is 4. The first-order valence-corrected chi connectivity index (χ1v) is 8.97. The molecule has 4 heterocycles. The number of benzene rings is 1. The van der Waals surface area contributed by atoms with Crippen LogP contribution in [0.25, 0.3) is 22.2 Å². The van der Waals surface area contributed by atoms with E-state index in [-0.39, 0.29) is 23.9 Å². The van der Waals surface area contributed by atoms with Crippen molar-refractivity contribution in [2.75, 3.05) is 7.11 Å². The Hall–Kier alpha value is -2.82. The van der Waals surface area contributed by atoms with E-state index in [2.05, 4.69) is 29.8 Å². The molecule has 0 saturated heterocycles. The van der Waals surface area contributed by atoms with Gasteiger partial charge in [0.2, 0.25) is 0 Å². The largest absolute Gasteiger partial charge is 0.497 e. The van der Waals surface area contributed by atoms with Gasteiger partial charge in [0.05, 0.1) is 30.2 Å². The maximum atomic E-state index is 12.3. The second-order valence-electron chi connectivity index (χ2n) is 7.19. The fraction of sp³-hybridized carbons (Fsp3) is 0.333. The van der Waals surface area contributed by atoms with Gasteiger partial charge in [-0.3, -0.25) is 0 Å². The maximum Gasteiger partial charge on any atom is 0.337 e. The Morgan fingerprint density at radius 2 is 2.15 bits per heavy atom. The molecule has 132 valence electrons. The first kappa shape index (κ1) is 15.4. The number of pyridine rings is 1. The zero-order valence-corrected chi connectivity index (χ0v) is 14.8. The zero-order valence-electron chi connectivity index (χ0n) is 14.8. The standard InChI is InChI=1S/C21H20N2O3/c1-12-16-10-23-8-7-14-13-5-3-4-6-18(13)22-20(14)19(23)9-15(16)17(11-26-12)21(24)25-2/h3-8,11-12,15-16H,9-10H2,1-2H3/t12?,15-,16-/m1/s1. The summed E-state index contributed by atoms with van der Waals surface area (Å²) < 4.78 is 13.0. The second-order valence-corrected chi connectivity index (χ2v) is 7.19. The van der Waals surface area contributed by atoms with Crippen molar-refractivity contribution in [2.45, 2.75) is 26.0 Å². The lowest BCUT2D eigenvalue weighted by Gasteiger charge is -2.41. The Bertz CT molecular complexity index is 1020. The molecule has 26 heavy (non-hydrogen) atoms. The number of carbonyl (C=O) groups is 1. The molecule has 0 spiro atoms. The van der Waals surface area contributed by atoms with Crippen LogP contribution in [0.15, 0.2) is 48.4 Å². The van der Waals surface area contributed by atoms with Gasteiger partial charge >= 0.3 is 5.97 Å². The SMILES string of the molecule is COC(=O)C1=COC(C)[C@H]2Cn3ccc4c5ccccc5nc-4c3C[C@@H]12. The van der Waals surface area contributed by atoms with Gasteiger partial charge in [-0.15, -0.1) is 0 Å². The van der Waals surface area contributed by atoms with Crippen LogP contribution in [0.2, 0.25) is 0 Å². The molecule has 3 atom stereocenters. The van der Waals surface area contributed by atoms with Crippen molar-refractivity contribution >= 4 is 16.9 Å². The molecule has 1 aromatic rings. The molecule has 0 amide bonds. The highest BCUT2D eigenvalue weighted by atomic mass is 16.5. The van der Waals surface area contributed by atoms with Crippen LogP contribution in [0.1, 0.15) is 12.6 Å². The van der Waals surface area contributed by atoms with Gasteiger partial charge in [0.25, 0.3) is 0 Å². The summed E-state index contributed by atoms with van der Waals surface area (Å²) in [6.45, 7) is 2.88. The van der Waals surface area contributed by atoms with Gasteiger partial charge < -0.3 is 14.0 Å². The lowest BCUT2D eigenvalue weighted by Crippen LogP contribution is -2.42. The lowest BCUT2D eigenvalue weighted by atomic mass is 9.75. The first-order valence-electron chi connectivity index (χ1n) is 8.97. The third-order valence-corrected chi connectivity index (χ3v) is 5.89. The zero-order chi connectivity index (χ0) is 17.8. The first-order chi connectivity index (χ1) is 12.7. The van der Waals surface area contributed by atoms with Crippen molar-refractivity contribution < 1.29 is 14.3 Å². The molecule has 4 aliphatic rings. The molecule has 0 fully saturated rings. The number of methoxy groups -OCH3 is 1. The van der Waals surface area contributed by atoms with Gasteiger partial charge in [0, 0.05) is 41.2 Å². The number of aromatic nitrogens is 2. The number of hydrogen-bond donors (Lipinski definition) is 0. The third-order valence-electron chi connectivity index (χ3n) is 5.89. The topological polar surface area (TPSA) is 53.4 Å². The van der Waals surface area contributed by atoms with Gasteiger partial charge in [0.15, 0.2) is 0 Å². The van der Waals surface area contributed by atoms with E-state index in [1.165, 1.54) is 23.8 Å². The Morgan fingerprint density at radius 1 is 1.31 bits per heavy atom. The summed E-state index contributed by atoms with van der Waals surface area (Å²) in [6.07, 6.45) is 4.57. The van der Waals surface area contributed by atoms with Crippen molar-refractivity contribution in [2.24, 2.45) is 11.8 Å². The van der Waals surface area contributed by atoms with Crippen LogP contribution in [-0.2, 0) is 27.2 Å². The minimum atomic E-state index is -0.298. The summed E-state index contributed by atoms with van der Waals surface area (Å²) in [6, 6.07) is 10.4. The van der Waals surface area contributed by atoms with Crippen LogP contribution in [0, 0.1) is 11.8 Å². The Labute approximate surface area is 151 Å². The maximum absolute atomic E-state index is 12.3. The quantitative estimate of drug-likeness (QED) is 0.633. The summed E-state index contributed by atoms with van der Waals surface area (Å²) in [5.41, 5.74) is 5.05. The predicted octanol–water partition coefficient (Wildman–Crippen LogP) is 3.41. The van der Waals surface area contributed by atoms with E-state index < -0.39 is 0 Å². The monoisotopic (exact) mass is 348 g/mol. The number of nitrogens with zero attached hydrogens (tertiary/aromatic N) is 2. The molecule has 5 rings (SSSR count). The Kier molecular flexibility index (Phi) is 3.32. The number of carbonyl (C=O) groups excluding carboxylic acids is 1. The van der Waals surface area contributed by atoms with Gasteiger partial charge in [-0.25, -0.2) is 9.78 Å². The molecule has 0 aromatic heterocycles. The van der Waals surface area contributed by atoms with Gasteiger partial charge in [-0.1, -0.05) is 18.2 Å². The summed E-state index contributed by atoms with van der Waals surface area (Å²) in [5, 5.41) is 1.18. The van der Waals surface area contributed by atoms with Crippen molar-refractivity contribution in [3.63, 3.8) is 0 Å². The van der Waals surface area contributed by atoms with Crippen LogP contribution in [-0.4, -0.2) is 28.7 Å². The predicted molar refractivity (Wildman–Crippen MR) is 97.7 cm³/mol.